The van der Waals surface area contributed by atoms with Crippen LogP contribution in [0.1, 0.15) is 58.1 Å². The van der Waals surface area contributed by atoms with Gasteiger partial charge >= 0.3 is 0 Å². The van der Waals surface area contributed by atoms with Crippen LogP contribution in [0.2, 0.25) is 0 Å². The van der Waals surface area contributed by atoms with E-state index in [2.05, 4.69) is 16.2 Å². The third-order valence-electron chi connectivity index (χ3n) is 6.72. The van der Waals surface area contributed by atoms with Crippen molar-refractivity contribution in [1.82, 2.24) is 9.62 Å². The number of carbonyl (C=O) groups excluding carboxylic acids is 1. The number of benzene rings is 2. The molecule has 1 amide bonds. The Hall–Kier alpha value is -2.68. The molecule has 0 saturated heterocycles. The Morgan fingerprint density at radius 1 is 1.09 bits per heavy atom. The van der Waals surface area contributed by atoms with Crippen LogP contribution >= 0.6 is 11.3 Å². The van der Waals surface area contributed by atoms with Crippen LogP contribution in [0.4, 0.5) is 0 Å². The lowest BCUT2D eigenvalue weighted by Crippen LogP contribution is -2.40. The highest BCUT2D eigenvalue weighted by Crippen LogP contribution is 2.39. The molecule has 178 valence electrons. The molecule has 2 aliphatic rings. The Bertz CT molecular complexity index is 1280. The first-order chi connectivity index (χ1) is 16.5. The minimum atomic E-state index is -3.82. The molecule has 2 heterocycles. The Morgan fingerprint density at radius 2 is 1.85 bits per heavy atom. The largest absolute Gasteiger partial charge is 0.495 e. The van der Waals surface area contributed by atoms with E-state index in [-0.39, 0.29) is 28.6 Å². The van der Waals surface area contributed by atoms with E-state index in [0.717, 1.165) is 43.2 Å². The molecule has 34 heavy (non-hydrogen) atoms. The number of ether oxygens (including phenoxy) is 1. The van der Waals surface area contributed by atoms with Crippen LogP contribution in [-0.2, 0) is 16.4 Å². The van der Waals surface area contributed by atoms with Gasteiger partial charge < -0.3 is 9.64 Å². The molecule has 1 saturated carbocycles. The van der Waals surface area contributed by atoms with E-state index in [1.165, 1.54) is 18.1 Å². The number of methoxy groups -OCH3 is 1. The van der Waals surface area contributed by atoms with Crippen LogP contribution < -0.4 is 9.46 Å². The summed E-state index contributed by atoms with van der Waals surface area (Å²) >= 11 is 1.72. The zero-order valence-corrected chi connectivity index (χ0v) is 20.7. The van der Waals surface area contributed by atoms with Gasteiger partial charge in [0.05, 0.1) is 13.2 Å². The predicted octanol–water partition coefficient (Wildman–Crippen LogP) is 4.77. The van der Waals surface area contributed by atoms with Crippen LogP contribution in [0.5, 0.6) is 5.75 Å². The van der Waals surface area contributed by atoms with Crippen molar-refractivity contribution in [1.29, 1.82) is 0 Å². The van der Waals surface area contributed by atoms with Crippen molar-refractivity contribution in [2.45, 2.75) is 49.1 Å². The second-order valence-electron chi connectivity index (χ2n) is 8.83. The van der Waals surface area contributed by atoms with Gasteiger partial charge in [0.1, 0.15) is 10.6 Å². The number of hydrogen-bond acceptors (Lipinski definition) is 5. The summed E-state index contributed by atoms with van der Waals surface area (Å²) in [4.78, 5) is 17.0. The summed E-state index contributed by atoms with van der Waals surface area (Å²) in [6.45, 7) is 0.570. The standard InChI is InChI=1S/C26H28N2O4S2/c1-32-22-12-11-19(17-24(22)34(30,31)27-20-9-5-6-10-20)26(29)28-15-13-23-21(14-16-33-23)25(28)18-7-3-2-4-8-18/h2-4,7-8,11-12,14,16-17,20,25,27H,5-6,9-10,13,15H2,1H3. The molecule has 3 aromatic rings. The molecule has 0 spiro atoms. The number of nitrogens with zero attached hydrogens (tertiary/aromatic N) is 1. The number of rotatable bonds is 6. The smallest absolute Gasteiger partial charge is 0.254 e. The van der Waals surface area contributed by atoms with Gasteiger partial charge in [-0.15, -0.1) is 11.3 Å². The van der Waals surface area contributed by atoms with Gasteiger partial charge in [-0.25, -0.2) is 13.1 Å². The second kappa shape index (κ2) is 9.52. The van der Waals surface area contributed by atoms with Crippen LogP contribution in [0, 0.1) is 0 Å². The normalized spacial score (nSPS) is 18.6. The first-order valence-electron chi connectivity index (χ1n) is 11.6. The topological polar surface area (TPSA) is 75.7 Å². The molecular weight excluding hydrogens is 468 g/mol. The molecule has 2 aromatic carbocycles. The summed E-state index contributed by atoms with van der Waals surface area (Å²) in [5.41, 5.74) is 2.52. The van der Waals surface area contributed by atoms with Gasteiger partial charge in [0, 0.05) is 23.0 Å². The highest BCUT2D eigenvalue weighted by Gasteiger charge is 2.34. The molecule has 1 aliphatic heterocycles. The number of hydrogen-bond donors (Lipinski definition) is 1. The van der Waals surface area contributed by atoms with Crippen molar-refractivity contribution in [2.75, 3.05) is 13.7 Å². The predicted molar refractivity (Wildman–Crippen MR) is 133 cm³/mol. The average Bonchev–Trinajstić information content (AvgIpc) is 3.55. The maximum absolute atomic E-state index is 13.8. The zero-order valence-electron chi connectivity index (χ0n) is 19.1. The van der Waals surface area contributed by atoms with Crippen molar-refractivity contribution in [3.05, 3.63) is 81.5 Å². The van der Waals surface area contributed by atoms with Gasteiger partial charge in [-0.2, -0.15) is 0 Å². The molecule has 6 nitrogen and oxygen atoms in total. The zero-order chi connectivity index (χ0) is 23.7. The maximum atomic E-state index is 13.8. The lowest BCUT2D eigenvalue weighted by molar-refractivity contribution is 0.0696. The van der Waals surface area contributed by atoms with Gasteiger partial charge in [-0.05, 0) is 60.0 Å². The fourth-order valence-corrected chi connectivity index (χ4v) is 7.45. The fraction of sp³-hybridized carbons (Fsp3) is 0.346. The van der Waals surface area contributed by atoms with Crippen molar-refractivity contribution in [2.24, 2.45) is 0 Å². The van der Waals surface area contributed by atoms with Crippen molar-refractivity contribution < 1.29 is 17.9 Å². The summed E-state index contributed by atoms with van der Waals surface area (Å²) < 4.78 is 34.6. The van der Waals surface area contributed by atoms with Crippen molar-refractivity contribution in [3.63, 3.8) is 0 Å². The van der Waals surface area contributed by atoms with E-state index in [0.29, 0.717) is 12.1 Å². The van der Waals surface area contributed by atoms with E-state index in [4.69, 9.17) is 4.74 Å². The molecule has 1 aromatic heterocycles. The quantitative estimate of drug-likeness (QED) is 0.534. The van der Waals surface area contributed by atoms with Crippen LogP contribution in [0.25, 0.3) is 0 Å². The highest BCUT2D eigenvalue weighted by molar-refractivity contribution is 7.89. The lowest BCUT2D eigenvalue weighted by Gasteiger charge is -2.36. The summed E-state index contributed by atoms with van der Waals surface area (Å²) in [6.07, 6.45) is 4.48. The average molecular weight is 497 g/mol. The lowest BCUT2D eigenvalue weighted by atomic mass is 9.92. The van der Waals surface area contributed by atoms with Crippen LogP contribution in [0.3, 0.4) is 0 Å². The first kappa shape index (κ1) is 23.1. The van der Waals surface area contributed by atoms with Crippen molar-refractivity contribution >= 4 is 27.3 Å². The Morgan fingerprint density at radius 3 is 2.59 bits per heavy atom. The Labute approximate surface area is 204 Å². The summed E-state index contributed by atoms with van der Waals surface area (Å²) in [7, 11) is -2.38. The Balaban J connectivity index is 1.51. The molecular formula is C26H28N2O4S2. The van der Waals surface area contributed by atoms with Crippen LogP contribution in [-0.4, -0.2) is 38.9 Å². The van der Waals surface area contributed by atoms with Gasteiger partial charge in [0.15, 0.2) is 0 Å². The number of nitrogens with one attached hydrogen (secondary N) is 1. The SMILES string of the molecule is COc1ccc(C(=O)N2CCc3sccc3C2c2ccccc2)cc1S(=O)(=O)NC1CCCC1. The van der Waals surface area contributed by atoms with Gasteiger partial charge in [-0.3, -0.25) is 4.79 Å². The molecule has 1 fully saturated rings. The number of thiophene rings is 1. The van der Waals surface area contributed by atoms with E-state index in [1.807, 2.05) is 35.2 Å². The van der Waals surface area contributed by atoms with Gasteiger partial charge in [0.25, 0.3) is 5.91 Å². The second-order valence-corrected chi connectivity index (χ2v) is 11.5. The molecule has 1 unspecified atom stereocenters. The molecule has 8 heteroatoms. The third kappa shape index (κ3) is 4.37. The minimum absolute atomic E-state index is 0.0113. The molecule has 1 aliphatic carbocycles. The van der Waals surface area contributed by atoms with Gasteiger partial charge in [0.2, 0.25) is 10.0 Å². The number of fused-ring (bicyclic) bond motifs is 1. The molecule has 0 bridgehead atoms. The fourth-order valence-electron chi connectivity index (χ4n) is 5.04. The van der Waals surface area contributed by atoms with Crippen LogP contribution in [0.15, 0.2) is 64.9 Å². The number of amides is 1. The highest BCUT2D eigenvalue weighted by atomic mass is 32.2. The first-order valence-corrected chi connectivity index (χ1v) is 14.0. The van der Waals surface area contributed by atoms with E-state index < -0.39 is 10.0 Å². The third-order valence-corrected chi connectivity index (χ3v) is 9.26. The summed E-state index contributed by atoms with van der Waals surface area (Å²) in [5, 5.41) is 2.07. The summed E-state index contributed by atoms with van der Waals surface area (Å²) in [6, 6.07) is 16.5. The minimum Gasteiger partial charge on any atom is -0.495 e. The number of sulfonamides is 1. The molecule has 1 atom stereocenters. The number of carbonyl (C=O) groups is 1. The van der Waals surface area contributed by atoms with E-state index in [1.54, 1.807) is 23.5 Å². The van der Waals surface area contributed by atoms with E-state index in [9.17, 15) is 13.2 Å². The van der Waals surface area contributed by atoms with Gasteiger partial charge in [-0.1, -0.05) is 43.2 Å². The van der Waals surface area contributed by atoms with Crippen molar-refractivity contribution in [3.8, 4) is 5.75 Å². The maximum Gasteiger partial charge on any atom is 0.254 e. The molecule has 0 radical (unpaired) electrons. The summed E-state index contributed by atoms with van der Waals surface area (Å²) in [5.74, 6) is 0.0473. The van der Waals surface area contributed by atoms with E-state index >= 15 is 0 Å². The Kier molecular flexibility index (Phi) is 6.46. The molecule has 1 N–H and O–H groups in total. The monoisotopic (exact) mass is 496 g/mol. The molecule has 5 rings (SSSR count).